The molecule has 4 N–H and O–H groups in total. The zero-order valence-electron chi connectivity index (χ0n) is 17.0. The van der Waals surface area contributed by atoms with Crippen molar-refractivity contribution in [3.63, 3.8) is 0 Å². The molecule has 3 heterocycles. The molecule has 2 aliphatic rings. The maximum absolute atomic E-state index is 12.3. The van der Waals surface area contributed by atoms with Crippen LogP contribution in [-0.2, 0) is 16.1 Å². The van der Waals surface area contributed by atoms with Crippen molar-refractivity contribution in [2.75, 3.05) is 13.1 Å². The van der Waals surface area contributed by atoms with Gasteiger partial charge in [0, 0.05) is 56.6 Å². The van der Waals surface area contributed by atoms with Crippen molar-refractivity contribution in [3.05, 3.63) is 30.1 Å². The van der Waals surface area contributed by atoms with Crippen molar-refractivity contribution in [2.45, 2.75) is 63.8 Å². The number of pyridine rings is 1. The van der Waals surface area contributed by atoms with E-state index in [1.54, 1.807) is 12.4 Å². The molecular formula is C20H30N6O3. The summed E-state index contributed by atoms with van der Waals surface area (Å²) in [6.07, 6.45) is 5.05. The van der Waals surface area contributed by atoms with Gasteiger partial charge in [0.15, 0.2) is 0 Å². The van der Waals surface area contributed by atoms with Crippen LogP contribution in [0.5, 0.6) is 0 Å². The molecule has 29 heavy (non-hydrogen) atoms. The van der Waals surface area contributed by atoms with Gasteiger partial charge >= 0.3 is 6.03 Å². The highest BCUT2D eigenvalue weighted by molar-refractivity contribution is 5.83. The summed E-state index contributed by atoms with van der Waals surface area (Å²) in [5, 5.41) is 11.6. The zero-order valence-corrected chi connectivity index (χ0v) is 17.0. The van der Waals surface area contributed by atoms with Crippen molar-refractivity contribution in [3.8, 4) is 0 Å². The van der Waals surface area contributed by atoms with Gasteiger partial charge in [0.05, 0.1) is 6.04 Å². The predicted molar refractivity (Wildman–Crippen MR) is 108 cm³/mol. The van der Waals surface area contributed by atoms with Gasteiger partial charge in [-0.1, -0.05) is 6.07 Å². The number of amides is 4. The van der Waals surface area contributed by atoms with E-state index in [0.29, 0.717) is 38.9 Å². The van der Waals surface area contributed by atoms with E-state index in [-0.39, 0.29) is 42.0 Å². The first-order valence-corrected chi connectivity index (χ1v) is 10.2. The molecule has 0 radical (unpaired) electrons. The van der Waals surface area contributed by atoms with Gasteiger partial charge in [0.2, 0.25) is 11.8 Å². The minimum Gasteiger partial charge on any atom is -0.353 e. The summed E-state index contributed by atoms with van der Waals surface area (Å²) in [6, 6.07) is 3.35. The largest absolute Gasteiger partial charge is 0.353 e. The molecule has 0 spiro atoms. The maximum Gasteiger partial charge on any atom is 0.315 e. The Morgan fingerprint density at radius 3 is 2.93 bits per heavy atom. The van der Waals surface area contributed by atoms with E-state index in [1.165, 1.54) is 0 Å². The Balaban J connectivity index is 1.48. The van der Waals surface area contributed by atoms with E-state index in [4.69, 9.17) is 0 Å². The van der Waals surface area contributed by atoms with E-state index in [9.17, 15) is 14.4 Å². The van der Waals surface area contributed by atoms with Crippen molar-refractivity contribution >= 4 is 17.8 Å². The quantitative estimate of drug-likeness (QED) is 0.517. The summed E-state index contributed by atoms with van der Waals surface area (Å²) < 4.78 is 0. The summed E-state index contributed by atoms with van der Waals surface area (Å²) >= 11 is 0. The molecule has 9 nitrogen and oxygen atoms in total. The summed E-state index contributed by atoms with van der Waals surface area (Å²) in [4.78, 5) is 42.6. The number of hydrogen-bond acceptors (Lipinski definition) is 5. The second kappa shape index (κ2) is 9.69. The van der Waals surface area contributed by atoms with E-state index >= 15 is 0 Å². The molecule has 2 saturated heterocycles. The van der Waals surface area contributed by atoms with E-state index in [0.717, 1.165) is 5.56 Å². The molecule has 1 aromatic rings. The summed E-state index contributed by atoms with van der Waals surface area (Å²) in [6.45, 7) is 5.40. The van der Waals surface area contributed by atoms with Gasteiger partial charge in [-0.05, 0) is 38.3 Å². The molecule has 0 aliphatic carbocycles. The van der Waals surface area contributed by atoms with Crippen molar-refractivity contribution in [2.24, 2.45) is 0 Å². The fourth-order valence-corrected chi connectivity index (χ4v) is 3.93. The Morgan fingerprint density at radius 2 is 2.21 bits per heavy atom. The zero-order chi connectivity index (χ0) is 20.8. The number of rotatable bonds is 7. The van der Waals surface area contributed by atoms with Crippen molar-refractivity contribution in [1.82, 2.24) is 31.2 Å². The first-order valence-electron chi connectivity index (χ1n) is 10.2. The predicted octanol–water partition coefficient (Wildman–Crippen LogP) is 0.127. The lowest BCUT2D eigenvalue weighted by molar-refractivity contribution is -0.129. The summed E-state index contributed by atoms with van der Waals surface area (Å²) in [7, 11) is 0. The number of carbonyl (C=O) groups excluding carboxylic acids is 3. The molecule has 9 heteroatoms. The molecule has 0 saturated carbocycles. The van der Waals surface area contributed by atoms with Crippen LogP contribution in [0.4, 0.5) is 4.79 Å². The highest BCUT2D eigenvalue weighted by Gasteiger charge is 2.43. The molecule has 1 aromatic heterocycles. The number of urea groups is 1. The van der Waals surface area contributed by atoms with Crippen LogP contribution in [0.25, 0.3) is 0 Å². The van der Waals surface area contributed by atoms with E-state index in [2.05, 4.69) is 31.2 Å². The fraction of sp³-hybridized carbons (Fsp3) is 0.600. The van der Waals surface area contributed by atoms with Crippen LogP contribution in [0.2, 0.25) is 0 Å². The minimum absolute atomic E-state index is 0.00385. The van der Waals surface area contributed by atoms with Crippen molar-refractivity contribution in [1.29, 1.82) is 0 Å². The smallest absolute Gasteiger partial charge is 0.315 e. The molecule has 0 aromatic carbocycles. The third-order valence-corrected chi connectivity index (χ3v) is 5.29. The number of aromatic nitrogens is 1. The van der Waals surface area contributed by atoms with Crippen LogP contribution in [0.1, 0.15) is 38.7 Å². The van der Waals surface area contributed by atoms with Crippen LogP contribution < -0.4 is 21.3 Å². The topological polar surface area (TPSA) is 115 Å². The van der Waals surface area contributed by atoms with Gasteiger partial charge < -0.3 is 21.3 Å². The lowest BCUT2D eigenvalue weighted by Gasteiger charge is -2.37. The third kappa shape index (κ3) is 5.90. The SMILES string of the molecule is CC(C)NC(=O)NC1CC2C(=O)NCC(CCC(=O)NCc3cccnc3)N2C1. The number of nitrogens with zero attached hydrogens (tertiary/aromatic N) is 2. The minimum atomic E-state index is -0.253. The highest BCUT2D eigenvalue weighted by atomic mass is 16.2. The lowest BCUT2D eigenvalue weighted by atomic mass is 10.0. The van der Waals surface area contributed by atoms with Crippen LogP contribution in [-0.4, -0.2) is 65.0 Å². The normalized spacial score (nSPS) is 24.0. The Morgan fingerprint density at radius 1 is 1.38 bits per heavy atom. The van der Waals surface area contributed by atoms with Gasteiger partial charge in [-0.25, -0.2) is 4.79 Å². The number of hydrogen-bond donors (Lipinski definition) is 4. The second-order valence-corrected chi connectivity index (χ2v) is 7.99. The van der Waals surface area contributed by atoms with Crippen LogP contribution in [0, 0.1) is 0 Å². The lowest BCUT2D eigenvalue weighted by Crippen LogP contribution is -2.58. The molecule has 0 bridgehead atoms. The average molecular weight is 402 g/mol. The summed E-state index contributed by atoms with van der Waals surface area (Å²) in [5.41, 5.74) is 0.957. The molecular weight excluding hydrogens is 372 g/mol. The van der Waals surface area contributed by atoms with Gasteiger partial charge in [-0.15, -0.1) is 0 Å². The number of piperazine rings is 1. The standard InChI is InChI=1S/C20H30N6O3/c1-13(2)24-20(29)25-15-8-17-19(28)23-11-16(26(17)12-15)5-6-18(27)22-10-14-4-3-7-21-9-14/h3-4,7,9,13,15-17H,5-6,8,10-12H2,1-2H3,(H,22,27)(H,23,28)(H2,24,25,29). The van der Waals surface area contributed by atoms with Gasteiger partial charge in [0.1, 0.15) is 0 Å². The molecule has 3 rings (SSSR count). The average Bonchev–Trinajstić information content (AvgIpc) is 3.10. The third-order valence-electron chi connectivity index (χ3n) is 5.29. The van der Waals surface area contributed by atoms with Crippen LogP contribution in [0.15, 0.2) is 24.5 Å². The number of fused-ring (bicyclic) bond motifs is 1. The van der Waals surface area contributed by atoms with Gasteiger partial charge in [-0.3, -0.25) is 19.5 Å². The second-order valence-electron chi connectivity index (χ2n) is 7.99. The molecule has 4 amide bonds. The van der Waals surface area contributed by atoms with Crippen molar-refractivity contribution < 1.29 is 14.4 Å². The number of nitrogens with one attached hydrogen (secondary N) is 4. The Hall–Kier alpha value is -2.68. The van der Waals surface area contributed by atoms with Gasteiger partial charge in [-0.2, -0.15) is 0 Å². The fourth-order valence-electron chi connectivity index (χ4n) is 3.93. The number of carbonyl (C=O) groups is 3. The molecule has 158 valence electrons. The molecule has 2 aliphatic heterocycles. The first-order chi connectivity index (χ1) is 13.9. The van der Waals surface area contributed by atoms with Gasteiger partial charge in [0.25, 0.3) is 0 Å². The highest BCUT2D eigenvalue weighted by Crippen LogP contribution is 2.25. The van der Waals surface area contributed by atoms with E-state index < -0.39 is 0 Å². The van der Waals surface area contributed by atoms with Crippen LogP contribution >= 0.6 is 0 Å². The Labute approximate surface area is 171 Å². The van der Waals surface area contributed by atoms with E-state index in [1.807, 2.05) is 26.0 Å². The Bertz CT molecular complexity index is 726. The summed E-state index contributed by atoms with van der Waals surface area (Å²) in [5.74, 6) is -0.0247. The monoisotopic (exact) mass is 402 g/mol. The molecule has 3 unspecified atom stereocenters. The molecule has 2 fully saturated rings. The molecule has 3 atom stereocenters. The first kappa shape index (κ1) is 21.0. The Kier molecular flexibility index (Phi) is 7.03. The maximum atomic E-state index is 12.3. The van der Waals surface area contributed by atoms with Crippen LogP contribution in [0.3, 0.4) is 0 Å².